The summed E-state index contributed by atoms with van der Waals surface area (Å²) in [5, 5.41) is 4.71. The van der Waals surface area contributed by atoms with Gasteiger partial charge < -0.3 is 5.32 Å². The minimum Gasteiger partial charge on any atom is -0.305 e. The van der Waals surface area contributed by atoms with Crippen LogP contribution in [0.3, 0.4) is 0 Å². The number of hydrogen-bond donors (Lipinski definition) is 1. The third-order valence-corrected chi connectivity index (χ3v) is 5.13. The fraction of sp³-hybridized carbons (Fsp3) is 0.400. The Bertz CT molecular complexity index is 578. The molecule has 1 aromatic heterocycles. The van der Waals surface area contributed by atoms with Crippen molar-refractivity contribution in [1.82, 2.24) is 10.3 Å². The normalized spacial score (nSPS) is 12.7. The van der Waals surface area contributed by atoms with Gasteiger partial charge >= 0.3 is 0 Å². The van der Waals surface area contributed by atoms with Crippen molar-refractivity contribution in [2.24, 2.45) is 0 Å². The Morgan fingerprint density at radius 3 is 2.63 bits per heavy atom. The molecule has 19 heavy (non-hydrogen) atoms. The van der Waals surface area contributed by atoms with Crippen LogP contribution in [0.2, 0.25) is 0 Å². The van der Waals surface area contributed by atoms with Gasteiger partial charge in [0, 0.05) is 21.9 Å². The quantitative estimate of drug-likeness (QED) is 0.875. The molecule has 0 aliphatic rings. The molecule has 0 amide bonds. The number of hydrogen-bond acceptors (Lipinski definition) is 3. The molecule has 102 valence electrons. The summed E-state index contributed by atoms with van der Waals surface area (Å²) in [4.78, 5) is 5.82. The van der Waals surface area contributed by atoms with Crippen molar-refractivity contribution >= 4 is 27.3 Å². The highest BCUT2D eigenvalue weighted by atomic mass is 79.9. The number of halogens is 1. The first-order valence-electron chi connectivity index (χ1n) is 6.39. The first-order chi connectivity index (χ1) is 8.97. The summed E-state index contributed by atoms with van der Waals surface area (Å²) in [6.45, 7) is 9.30. The molecule has 1 aromatic carbocycles. The van der Waals surface area contributed by atoms with E-state index in [9.17, 15) is 0 Å². The molecule has 2 aromatic rings. The first kappa shape index (κ1) is 14.7. The van der Waals surface area contributed by atoms with Gasteiger partial charge in [-0.25, -0.2) is 4.98 Å². The van der Waals surface area contributed by atoms with Gasteiger partial charge in [0.1, 0.15) is 0 Å². The van der Waals surface area contributed by atoms with Gasteiger partial charge in [0.05, 0.1) is 10.7 Å². The molecular formula is C15H19BrN2S. The number of aromatic nitrogens is 1. The fourth-order valence-corrected chi connectivity index (χ4v) is 3.69. The van der Waals surface area contributed by atoms with Crippen LogP contribution in [0.4, 0.5) is 0 Å². The number of aryl methyl sites for hydroxylation is 3. The molecule has 0 bridgehead atoms. The lowest BCUT2D eigenvalue weighted by Crippen LogP contribution is -2.18. The Balaban J connectivity index is 2.04. The predicted octanol–water partition coefficient (Wildman–Crippen LogP) is 4.68. The van der Waals surface area contributed by atoms with E-state index >= 15 is 0 Å². The highest BCUT2D eigenvalue weighted by Crippen LogP contribution is 2.25. The average Bonchev–Trinajstić information content (AvgIpc) is 2.67. The lowest BCUT2D eigenvalue weighted by Gasteiger charge is -2.14. The van der Waals surface area contributed by atoms with Crippen molar-refractivity contribution in [3.05, 3.63) is 49.4 Å². The largest absolute Gasteiger partial charge is 0.305 e. The van der Waals surface area contributed by atoms with Crippen molar-refractivity contribution in [3.63, 3.8) is 0 Å². The van der Waals surface area contributed by atoms with E-state index in [-0.39, 0.29) is 0 Å². The molecule has 1 heterocycles. The molecule has 1 atom stereocenters. The second-order valence-electron chi connectivity index (χ2n) is 4.88. The van der Waals surface area contributed by atoms with E-state index in [4.69, 9.17) is 0 Å². The zero-order valence-electron chi connectivity index (χ0n) is 11.7. The average molecular weight is 339 g/mol. The topological polar surface area (TPSA) is 24.9 Å². The Kier molecular flexibility index (Phi) is 4.76. The third kappa shape index (κ3) is 3.65. The summed E-state index contributed by atoms with van der Waals surface area (Å²) >= 11 is 5.40. The van der Waals surface area contributed by atoms with Crippen LogP contribution in [0.5, 0.6) is 0 Å². The van der Waals surface area contributed by atoms with Crippen LogP contribution < -0.4 is 5.32 Å². The number of benzene rings is 1. The number of rotatable bonds is 4. The fourth-order valence-electron chi connectivity index (χ4n) is 2.10. The van der Waals surface area contributed by atoms with Crippen LogP contribution in [-0.4, -0.2) is 4.98 Å². The SMILES string of the molecule is Cc1ccc(CNC(C)c2sc(C)nc2C)c(Br)c1. The monoisotopic (exact) mass is 338 g/mol. The second kappa shape index (κ2) is 6.16. The predicted molar refractivity (Wildman–Crippen MR) is 85.7 cm³/mol. The Labute approximate surface area is 127 Å². The molecule has 0 fully saturated rings. The van der Waals surface area contributed by atoms with Gasteiger partial charge in [-0.05, 0) is 44.9 Å². The molecule has 0 aliphatic carbocycles. The van der Waals surface area contributed by atoms with E-state index in [1.807, 2.05) is 0 Å². The molecule has 2 nitrogen and oxygen atoms in total. The van der Waals surface area contributed by atoms with E-state index in [1.54, 1.807) is 11.3 Å². The Morgan fingerprint density at radius 1 is 1.32 bits per heavy atom. The first-order valence-corrected chi connectivity index (χ1v) is 8.00. The van der Waals surface area contributed by atoms with E-state index in [2.05, 4.69) is 72.1 Å². The van der Waals surface area contributed by atoms with Crippen LogP contribution in [0.1, 0.15) is 39.7 Å². The smallest absolute Gasteiger partial charge is 0.0900 e. The summed E-state index contributed by atoms with van der Waals surface area (Å²) in [5.41, 5.74) is 3.71. The summed E-state index contributed by atoms with van der Waals surface area (Å²) in [5.74, 6) is 0. The van der Waals surface area contributed by atoms with Gasteiger partial charge in [-0.2, -0.15) is 0 Å². The van der Waals surface area contributed by atoms with Gasteiger partial charge in [-0.3, -0.25) is 0 Å². The Morgan fingerprint density at radius 2 is 2.05 bits per heavy atom. The van der Waals surface area contributed by atoms with Crippen molar-refractivity contribution in [2.45, 2.75) is 40.3 Å². The van der Waals surface area contributed by atoms with Crippen LogP contribution >= 0.6 is 27.3 Å². The zero-order valence-corrected chi connectivity index (χ0v) is 14.2. The molecule has 0 radical (unpaired) electrons. The van der Waals surface area contributed by atoms with E-state index in [0.29, 0.717) is 6.04 Å². The second-order valence-corrected chi connectivity index (χ2v) is 6.97. The molecule has 4 heteroatoms. The van der Waals surface area contributed by atoms with Crippen molar-refractivity contribution in [1.29, 1.82) is 0 Å². The van der Waals surface area contributed by atoms with Crippen molar-refractivity contribution in [2.75, 3.05) is 0 Å². The maximum atomic E-state index is 4.49. The molecule has 0 saturated carbocycles. The number of thiazole rings is 1. The minimum atomic E-state index is 0.333. The van der Waals surface area contributed by atoms with E-state index in [1.165, 1.54) is 20.5 Å². The molecule has 0 aliphatic heterocycles. The molecule has 1 N–H and O–H groups in total. The summed E-state index contributed by atoms with van der Waals surface area (Å²) < 4.78 is 1.17. The van der Waals surface area contributed by atoms with Gasteiger partial charge in [-0.1, -0.05) is 28.1 Å². The third-order valence-electron chi connectivity index (χ3n) is 3.14. The van der Waals surface area contributed by atoms with Crippen LogP contribution in [0.15, 0.2) is 22.7 Å². The van der Waals surface area contributed by atoms with E-state index in [0.717, 1.165) is 17.2 Å². The van der Waals surface area contributed by atoms with Crippen LogP contribution in [0.25, 0.3) is 0 Å². The van der Waals surface area contributed by atoms with Gasteiger partial charge in [0.2, 0.25) is 0 Å². The van der Waals surface area contributed by atoms with Gasteiger partial charge in [0.15, 0.2) is 0 Å². The van der Waals surface area contributed by atoms with Crippen molar-refractivity contribution < 1.29 is 0 Å². The standard InChI is InChI=1S/C15H19BrN2S/c1-9-5-6-13(14(16)7-9)8-17-10(2)15-11(3)18-12(4)19-15/h5-7,10,17H,8H2,1-4H3. The summed E-state index contributed by atoms with van der Waals surface area (Å²) in [6.07, 6.45) is 0. The van der Waals surface area contributed by atoms with Crippen molar-refractivity contribution in [3.8, 4) is 0 Å². The summed E-state index contributed by atoms with van der Waals surface area (Å²) in [7, 11) is 0. The summed E-state index contributed by atoms with van der Waals surface area (Å²) in [6, 6.07) is 6.81. The molecular weight excluding hydrogens is 320 g/mol. The molecule has 0 saturated heterocycles. The molecule has 2 rings (SSSR count). The van der Waals surface area contributed by atoms with E-state index < -0.39 is 0 Å². The highest BCUT2D eigenvalue weighted by Gasteiger charge is 2.12. The van der Waals surface area contributed by atoms with Crippen LogP contribution in [0, 0.1) is 20.8 Å². The maximum Gasteiger partial charge on any atom is 0.0900 e. The Hall–Kier alpha value is -0.710. The molecule has 0 spiro atoms. The van der Waals surface area contributed by atoms with Crippen LogP contribution in [-0.2, 0) is 6.54 Å². The van der Waals surface area contributed by atoms with Gasteiger partial charge in [-0.15, -0.1) is 11.3 Å². The molecule has 1 unspecified atom stereocenters. The number of nitrogens with zero attached hydrogens (tertiary/aromatic N) is 1. The maximum absolute atomic E-state index is 4.49. The highest BCUT2D eigenvalue weighted by molar-refractivity contribution is 9.10. The van der Waals surface area contributed by atoms with Gasteiger partial charge in [0.25, 0.3) is 0 Å². The minimum absolute atomic E-state index is 0.333. The number of nitrogens with one attached hydrogen (secondary N) is 1. The lowest BCUT2D eigenvalue weighted by atomic mass is 10.1. The zero-order chi connectivity index (χ0) is 14.0. The lowest BCUT2D eigenvalue weighted by molar-refractivity contribution is 0.578.